The van der Waals surface area contributed by atoms with Crippen molar-refractivity contribution >= 4 is 5.91 Å². The summed E-state index contributed by atoms with van der Waals surface area (Å²) in [4.78, 5) is 11.5. The monoisotopic (exact) mass is 250 g/mol. The van der Waals surface area contributed by atoms with Crippen molar-refractivity contribution in [2.45, 2.75) is 12.8 Å². The summed E-state index contributed by atoms with van der Waals surface area (Å²) >= 11 is 0. The maximum atomic E-state index is 11.5. The van der Waals surface area contributed by atoms with E-state index in [-0.39, 0.29) is 5.91 Å². The number of rotatable bonds is 9. The number of amides is 1. The summed E-state index contributed by atoms with van der Waals surface area (Å²) in [5.74, 6) is 0.0448. The molecule has 0 saturated heterocycles. The zero-order chi connectivity index (χ0) is 13.1. The van der Waals surface area contributed by atoms with Crippen LogP contribution in [0.25, 0.3) is 0 Å². The van der Waals surface area contributed by atoms with Crippen molar-refractivity contribution in [1.82, 2.24) is 10.6 Å². The minimum Gasteiger partial charge on any atom is -0.385 e. The van der Waals surface area contributed by atoms with E-state index < -0.39 is 0 Å². The minimum atomic E-state index is 0.0448. The highest BCUT2D eigenvalue weighted by molar-refractivity contribution is 5.77. The molecule has 1 rings (SSSR count). The molecule has 0 spiro atoms. The van der Waals surface area contributed by atoms with Crippen molar-refractivity contribution in [3.63, 3.8) is 0 Å². The maximum Gasteiger partial charge on any atom is 0.233 e. The fraction of sp³-hybridized carbons (Fsp3) is 0.500. The lowest BCUT2D eigenvalue weighted by Crippen LogP contribution is -2.35. The Morgan fingerprint density at radius 3 is 2.72 bits per heavy atom. The number of carbonyl (C=O) groups is 1. The van der Waals surface area contributed by atoms with Crippen molar-refractivity contribution < 1.29 is 9.53 Å². The van der Waals surface area contributed by atoms with E-state index in [9.17, 15) is 4.79 Å². The molecule has 4 heteroatoms. The second-order valence-electron chi connectivity index (χ2n) is 4.11. The Morgan fingerprint density at radius 1 is 1.22 bits per heavy atom. The number of methoxy groups -OCH3 is 1. The first-order chi connectivity index (χ1) is 8.83. The molecule has 0 aliphatic heterocycles. The average molecular weight is 250 g/mol. The normalized spacial score (nSPS) is 10.3. The predicted octanol–water partition coefficient (Wildman–Crippen LogP) is 0.971. The molecule has 0 aromatic heterocycles. The lowest BCUT2D eigenvalue weighted by molar-refractivity contribution is -0.120. The van der Waals surface area contributed by atoms with Crippen LogP contribution in [0.1, 0.15) is 12.0 Å². The van der Waals surface area contributed by atoms with Crippen LogP contribution >= 0.6 is 0 Å². The van der Waals surface area contributed by atoms with Gasteiger partial charge in [0.2, 0.25) is 5.91 Å². The third-order valence-electron chi connectivity index (χ3n) is 2.57. The fourth-order valence-electron chi connectivity index (χ4n) is 1.60. The highest BCUT2D eigenvalue weighted by atomic mass is 16.5. The molecule has 4 nitrogen and oxygen atoms in total. The van der Waals surface area contributed by atoms with Crippen LogP contribution in [0.3, 0.4) is 0 Å². The largest absolute Gasteiger partial charge is 0.385 e. The standard InChI is InChI=1S/C14H22N2O2/c1-18-11-5-9-15-12-14(17)16-10-8-13-6-3-2-4-7-13/h2-4,6-7,15H,5,8-12H2,1H3,(H,16,17). The quantitative estimate of drug-likeness (QED) is 0.642. The Hall–Kier alpha value is -1.39. The molecule has 0 aliphatic carbocycles. The van der Waals surface area contributed by atoms with Crippen LogP contribution in [-0.2, 0) is 16.0 Å². The molecule has 0 heterocycles. The van der Waals surface area contributed by atoms with Gasteiger partial charge in [0.25, 0.3) is 0 Å². The van der Waals surface area contributed by atoms with E-state index in [0.29, 0.717) is 13.1 Å². The van der Waals surface area contributed by atoms with Gasteiger partial charge < -0.3 is 15.4 Å². The summed E-state index contributed by atoms with van der Waals surface area (Å²) in [6.07, 6.45) is 1.80. The zero-order valence-electron chi connectivity index (χ0n) is 10.9. The van der Waals surface area contributed by atoms with Gasteiger partial charge in [-0.2, -0.15) is 0 Å². The van der Waals surface area contributed by atoms with Crippen LogP contribution in [0, 0.1) is 0 Å². The van der Waals surface area contributed by atoms with Gasteiger partial charge in [-0.3, -0.25) is 4.79 Å². The Kier molecular flexibility index (Phi) is 7.84. The highest BCUT2D eigenvalue weighted by Crippen LogP contribution is 1.97. The first-order valence-corrected chi connectivity index (χ1v) is 6.33. The van der Waals surface area contributed by atoms with Crippen LogP contribution in [0.5, 0.6) is 0 Å². The second kappa shape index (κ2) is 9.62. The number of hydrogen-bond donors (Lipinski definition) is 2. The van der Waals surface area contributed by atoms with E-state index >= 15 is 0 Å². The van der Waals surface area contributed by atoms with Gasteiger partial charge in [0.05, 0.1) is 6.54 Å². The molecule has 0 aliphatic rings. The summed E-state index contributed by atoms with van der Waals surface area (Å²) in [5, 5.41) is 5.97. The van der Waals surface area contributed by atoms with Crippen molar-refractivity contribution in [3.8, 4) is 0 Å². The van der Waals surface area contributed by atoms with Crippen molar-refractivity contribution in [2.75, 3.05) is 33.4 Å². The van der Waals surface area contributed by atoms with Crippen molar-refractivity contribution in [1.29, 1.82) is 0 Å². The summed E-state index contributed by atoms with van der Waals surface area (Å²) in [6.45, 7) is 2.59. The highest BCUT2D eigenvalue weighted by Gasteiger charge is 1.99. The molecule has 0 saturated carbocycles. The predicted molar refractivity (Wildman–Crippen MR) is 72.5 cm³/mol. The number of benzene rings is 1. The Morgan fingerprint density at radius 2 is 2.00 bits per heavy atom. The van der Waals surface area contributed by atoms with Gasteiger partial charge in [0.1, 0.15) is 0 Å². The van der Waals surface area contributed by atoms with Gasteiger partial charge in [0, 0.05) is 20.3 Å². The Bertz CT molecular complexity index is 328. The van der Waals surface area contributed by atoms with Crippen LogP contribution in [-0.4, -0.2) is 39.3 Å². The molecular weight excluding hydrogens is 228 g/mol. The smallest absolute Gasteiger partial charge is 0.233 e. The third-order valence-corrected chi connectivity index (χ3v) is 2.57. The Labute approximate surface area is 109 Å². The second-order valence-corrected chi connectivity index (χ2v) is 4.11. The summed E-state index contributed by atoms with van der Waals surface area (Å²) in [7, 11) is 1.68. The summed E-state index contributed by atoms with van der Waals surface area (Å²) < 4.78 is 4.92. The molecule has 1 aromatic carbocycles. The molecular formula is C14H22N2O2. The Balaban J connectivity index is 2.00. The van der Waals surface area contributed by atoms with Gasteiger partial charge in [-0.1, -0.05) is 30.3 Å². The van der Waals surface area contributed by atoms with Gasteiger partial charge in [0.15, 0.2) is 0 Å². The third kappa shape index (κ3) is 7.04. The first kappa shape index (κ1) is 14.7. The summed E-state index contributed by atoms with van der Waals surface area (Å²) in [6, 6.07) is 10.1. The van der Waals surface area contributed by atoms with Crippen LogP contribution in [0.2, 0.25) is 0 Å². The van der Waals surface area contributed by atoms with E-state index in [1.165, 1.54) is 5.56 Å². The topological polar surface area (TPSA) is 50.4 Å². The van der Waals surface area contributed by atoms with Crippen molar-refractivity contribution in [2.24, 2.45) is 0 Å². The van der Waals surface area contributed by atoms with E-state index in [1.807, 2.05) is 18.2 Å². The molecule has 0 unspecified atom stereocenters. The molecule has 0 atom stereocenters. The van der Waals surface area contributed by atoms with Gasteiger partial charge in [-0.25, -0.2) is 0 Å². The molecule has 100 valence electrons. The lowest BCUT2D eigenvalue weighted by Gasteiger charge is -2.06. The van der Waals surface area contributed by atoms with Gasteiger partial charge >= 0.3 is 0 Å². The molecule has 0 radical (unpaired) electrons. The number of carbonyl (C=O) groups excluding carboxylic acids is 1. The maximum absolute atomic E-state index is 11.5. The molecule has 1 amide bonds. The zero-order valence-corrected chi connectivity index (χ0v) is 10.9. The van der Waals surface area contributed by atoms with E-state index in [2.05, 4.69) is 22.8 Å². The number of ether oxygens (including phenoxy) is 1. The summed E-state index contributed by atoms with van der Waals surface area (Å²) in [5.41, 5.74) is 1.24. The first-order valence-electron chi connectivity index (χ1n) is 6.33. The minimum absolute atomic E-state index is 0.0448. The van der Waals surface area contributed by atoms with E-state index in [0.717, 1.165) is 26.0 Å². The SMILES string of the molecule is COCCCNCC(=O)NCCc1ccccc1. The van der Waals surface area contributed by atoms with Crippen LogP contribution in [0.4, 0.5) is 0 Å². The molecule has 18 heavy (non-hydrogen) atoms. The molecule has 1 aromatic rings. The number of hydrogen-bond acceptors (Lipinski definition) is 3. The molecule has 0 bridgehead atoms. The fourth-order valence-corrected chi connectivity index (χ4v) is 1.60. The van der Waals surface area contributed by atoms with Crippen LogP contribution < -0.4 is 10.6 Å². The van der Waals surface area contributed by atoms with Gasteiger partial charge in [-0.05, 0) is 24.9 Å². The lowest BCUT2D eigenvalue weighted by atomic mass is 10.1. The van der Waals surface area contributed by atoms with Gasteiger partial charge in [-0.15, -0.1) is 0 Å². The van der Waals surface area contributed by atoms with Crippen molar-refractivity contribution in [3.05, 3.63) is 35.9 Å². The molecule has 0 fully saturated rings. The number of nitrogens with one attached hydrogen (secondary N) is 2. The van der Waals surface area contributed by atoms with E-state index in [4.69, 9.17) is 4.74 Å². The van der Waals surface area contributed by atoms with Crippen LogP contribution in [0.15, 0.2) is 30.3 Å². The molecule has 2 N–H and O–H groups in total. The van der Waals surface area contributed by atoms with E-state index in [1.54, 1.807) is 7.11 Å². The average Bonchev–Trinajstić information content (AvgIpc) is 2.40.